The molecule has 0 spiro atoms. The molecule has 7 heteroatoms. The summed E-state index contributed by atoms with van der Waals surface area (Å²) in [6.45, 7) is 3.88. The van der Waals surface area contributed by atoms with E-state index < -0.39 is 0 Å². The van der Waals surface area contributed by atoms with Crippen molar-refractivity contribution in [1.82, 2.24) is 25.1 Å². The number of nitrogens with one attached hydrogen (secondary N) is 1. The lowest BCUT2D eigenvalue weighted by atomic mass is 9.76. The van der Waals surface area contributed by atoms with Crippen LogP contribution in [0.15, 0.2) is 30.6 Å². The van der Waals surface area contributed by atoms with E-state index in [1.54, 1.807) is 0 Å². The minimum atomic E-state index is 0.206. The molecule has 3 aromatic heterocycles. The number of aryl methyl sites for hydroxylation is 1. The molecule has 28 heavy (non-hydrogen) atoms. The van der Waals surface area contributed by atoms with E-state index in [1.165, 1.54) is 5.57 Å². The van der Waals surface area contributed by atoms with Gasteiger partial charge in [-0.05, 0) is 61.8 Å². The van der Waals surface area contributed by atoms with Gasteiger partial charge in [-0.1, -0.05) is 13.0 Å². The van der Waals surface area contributed by atoms with Crippen LogP contribution in [0.2, 0.25) is 0 Å². The van der Waals surface area contributed by atoms with E-state index in [0.717, 1.165) is 79.3 Å². The zero-order chi connectivity index (χ0) is 19.1. The van der Waals surface area contributed by atoms with Crippen LogP contribution in [0.3, 0.4) is 0 Å². The number of anilines is 2. The van der Waals surface area contributed by atoms with E-state index in [-0.39, 0.29) is 5.41 Å². The number of allylic oxidation sites excluding steroid dienone is 2. The fourth-order valence-corrected chi connectivity index (χ4v) is 4.17. The van der Waals surface area contributed by atoms with E-state index in [0.29, 0.717) is 0 Å². The van der Waals surface area contributed by atoms with Crippen LogP contribution in [0.4, 0.5) is 11.5 Å². The molecule has 0 bridgehead atoms. The molecule has 2 aliphatic rings. The first-order chi connectivity index (χ1) is 13.7. The minimum Gasteiger partial charge on any atom is -0.330 e. The van der Waals surface area contributed by atoms with Crippen molar-refractivity contribution in [2.24, 2.45) is 11.1 Å². The second-order valence-corrected chi connectivity index (χ2v) is 8.17. The normalized spacial score (nSPS) is 22.2. The SMILES string of the molecule is C[C@]1(CN)CC=C(c2cnc3c(N4CCCc5ncccc54)n[nH]c3n2)CC1. The molecule has 0 saturated heterocycles. The number of nitrogens with zero attached hydrogens (tertiary/aromatic N) is 5. The highest BCUT2D eigenvalue weighted by atomic mass is 15.3. The topological polar surface area (TPSA) is 96.6 Å². The Morgan fingerprint density at radius 3 is 3.04 bits per heavy atom. The number of pyridine rings is 1. The Morgan fingerprint density at radius 1 is 1.29 bits per heavy atom. The van der Waals surface area contributed by atoms with Gasteiger partial charge in [0.15, 0.2) is 17.0 Å². The Labute approximate surface area is 164 Å². The molecule has 5 rings (SSSR count). The highest BCUT2D eigenvalue weighted by Gasteiger charge is 2.27. The fourth-order valence-electron chi connectivity index (χ4n) is 4.17. The van der Waals surface area contributed by atoms with Crippen molar-refractivity contribution in [2.45, 2.75) is 39.0 Å². The van der Waals surface area contributed by atoms with Crippen LogP contribution < -0.4 is 10.6 Å². The molecule has 1 aliphatic carbocycles. The quantitative estimate of drug-likeness (QED) is 0.729. The highest BCUT2D eigenvalue weighted by molar-refractivity contribution is 5.87. The van der Waals surface area contributed by atoms with Gasteiger partial charge >= 0.3 is 0 Å². The van der Waals surface area contributed by atoms with Crippen molar-refractivity contribution in [3.05, 3.63) is 42.0 Å². The standard InChI is InChI=1S/C21H25N7/c1-21(13-22)8-6-14(7-9-21)16-12-24-18-19(25-16)26-27-20(18)28-11-3-4-15-17(28)5-2-10-23-15/h2,5-6,10,12H,3-4,7-9,11,13,22H2,1H3,(H,25,26,27)/t21-/m0/s1. The summed E-state index contributed by atoms with van der Waals surface area (Å²) in [4.78, 5) is 16.3. The van der Waals surface area contributed by atoms with Crippen molar-refractivity contribution < 1.29 is 0 Å². The van der Waals surface area contributed by atoms with E-state index in [2.05, 4.69) is 39.1 Å². The van der Waals surface area contributed by atoms with Crippen molar-refractivity contribution in [3.8, 4) is 0 Å². The van der Waals surface area contributed by atoms with Gasteiger partial charge in [0.05, 0.1) is 23.3 Å². The number of aromatic amines is 1. The lowest BCUT2D eigenvalue weighted by Gasteiger charge is -2.31. The molecular formula is C21H25N7. The van der Waals surface area contributed by atoms with Crippen molar-refractivity contribution in [1.29, 1.82) is 0 Å². The van der Waals surface area contributed by atoms with Crippen LogP contribution >= 0.6 is 0 Å². The van der Waals surface area contributed by atoms with Gasteiger partial charge in [0.1, 0.15) is 0 Å². The van der Waals surface area contributed by atoms with Crippen molar-refractivity contribution in [2.75, 3.05) is 18.0 Å². The predicted molar refractivity (Wildman–Crippen MR) is 110 cm³/mol. The summed E-state index contributed by atoms with van der Waals surface area (Å²) in [5.74, 6) is 0.830. The highest BCUT2D eigenvalue weighted by Crippen LogP contribution is 2.38. The third-order valence-electron chi connectivity index (χ3n) is 6.12. The van der Waals surface area contributed by atoms with Gasteiger partial charge < -0.3 is 10.6 Å². The Balaban J connectivity index is 1.49. The zero-order valence-electron chi connectivity index (χ0n) is 16.1. The zero-order valence-corrected chi connectivity index (χ0v) is 16.1. The third-order valence-corrected chi connectivity index (χ3v) is 6.12. The molecular weight excluding hydrogens is 350 g/mol. The number of aromatic nitrogens is 5. The Kier molecular flexibility index (Phi) is 4.12. The molecule has 0 aromatic carbocycles. The van der Waals surface area contributed by atoms with Gasteiger partial charge in [-0.2, -0.15) is 5.10 Å². The van der Waals surface area contributed by atoms with Crippen LogP contribution in [0, 0.1) is 5.41 Å². The van der Waals surface area contributed by atoms with Crippen LogP contribution in [0.25, 0.3) is 16.7 Å². The third kappa shape index (κ3) is 2.86. The first kappa shape index (κ1) is 17.3. The minimum absolute atomic E-state index is 0.206. The van der Waals surface area contributed by atoms with Gasteiger partial charge in [-0.25, -0.2) is 9.97 Å². The number of nitrogens with two attached hydrogens (primary N) is 1. The Morgan fingerprint density at radius 2 is 2.21 bits per heavy atom. The van der Waals surface area contributed by atoms with Crippen molar-refractivity contribution in [3.63, 3.8) is 0 Å². The fraction of sp³-hybridized carbons (Fsp3) is 0.429. The second-order valence-electron chi connectivity index (χ2n) is 8.17. The lowest BCUT2D eigenvalue weighted by molar-refractivity contribution is 0.308. The first-order valence-corrected chi connectivity index (χ1v) is 9.99. The molecule has 1 aliphatic heterocycles. The number of hydrogen-bond donors (Lipinski definition) is 2. The lowest BCUT2D eigenvalue weighted by Crippen LogP contribution is -2.28. The summed E-state index contributed by atoms with van der Waals surface area (Å²) >= 11 is 0. The molecule has 0 unspecified atom stereocenters. The second kappa shape index (κ2) is 6.67. The average molecular weight is 375 g/mol. The van der Waals surface area contributed by atoms with Crippen LogP contribution in [-0.4, -0.2) is 38.2 Å². The molecule has 0 fully saturated rings. The first-order valence-electron chi connectivity index (χ1n) is 9.99. The van der Waals surface area contributed by atoms with Crippen LogP contribution in [0.1, 0.15) is 44.0 Å². The van der Waals surface area contributed by atoms with Gasteiger partial charge in [0, 0.05) is 12.7 Å². The van der Waals surface area contributed by atoms with Gasteiger partial charge in [-0.3, -0.25) is 10.1 Å². The van der Waals surface area contributed by atoms with E-state index in [4.69, 9.17) is 15.7 Å². The van der Waals surface area contributed by atoms with Crippen LogP contribution in [0.5, 0.6) is 0 Å². The molecule has 144 valence electrons. The summed E-state index contributed by atoms with van der Waals surface area (Å²) in [5.41, 5.74) is 12.1. The molecule has 3 aromatic rings. The summed E-state index contributed by atoms with van der Waals surface area (Å²) in [6, 6.07) is 4.07. The summed E-state index contributed by atoms with van der Waals surface area (Å²) in [6.07, 6.45) is 11.1. The number of rotatable bonds is 3. The largest absolute Gasteiger partial charge is 0.330 e. The molecule has 1 atom stereocenters. The Hall–Kier alpha value is -2.80. The van der Waals surface area contributed by atoms with Crippen molar-refractivity contribution >= 4 is 28.2 Å². The van der Waals surface area contributed by atoms with E-state index >= 15 is 0 Å². The summed E-state index contributed by atoms with van der Waals surface area (Å²) < 4.78 is 0. The molecule has 0 radical (unpaired) electrons. The molecule has 3 N–H and O–H groups in total. The maximum Gasteiger partial charge on any atom is 0.183 e. The Bertz CT molecular complexity index is 1050. The maximum atomic E-state index is 5.92. The number of fused-ring (bicyclic) bond motifs is 2. The van der Waals surface area contributed by atoms with E-state index in [1.807, 2.05) is 18.5 Å². The number of H-pyrrole nitrogens is 1. The smallest absolute Gasteiger partial charge is 0.183 e. The van der Waals surface area contributed by atoms with Gasteiger partial charge in [0.2, 0.25) is 0 Å². The number of hydrogen-bond acceptors (Lipinski definition) is 6. The summed E-state index contributed by atoms with van der Waals surface area (Å²) in [5, 5.41) is 7.64. The summed E-state index contributed by atoms with van der Waals surface area (Å²) in [7, 11) is 0. The predicted octanol–water partition coefficient (Wildman–Crippen LogP) is 3.36. The molecule has 7 nitrogen and oxygen atoms in total. The monoisotopic (exact) mass is 375 g/mol. The molecule has 4 heterocycles. The molecule has 0 saturated carbocycles. The van der Waals surface area contributed by atoms with Crippen LogP contribution in [-0.2, 0) is 6.42 Å². The van der Waals surface area contributed by atoms with Gasteiger partial charge in [0.25, 0.3) is 0 Å². The maximum absolute atomic E-state index is 5.92. The van der Waals surface area contributed by atoms with E-state index in [9.17, 15) is 0 Å². The molecule has 0 amide bonds. The van der Waals surface area contributed by atoms with Gasteiger partial charge in [-0.15, -0.1) is 0 Å². The average Bonchev–Trinajstić information content (AvgIpc) is 3.17.